The number of fused-ring (bicyclic) bond motifs is 3. The van der Waals surface area contributed by atoms with Crippen LogP contribution < -0.4 is 10.3 Å². The second kappa shape index (κ2) is 6.32. The zero-order chi connectivity index (χ0) is 17.4. The van der Waals surface area contributed by atoms with Gasteiger partial charge >= 0.3 is 0 Å². The van der Waals surface area contributed by atoms with Crippen molar-refractivity contribution in [3.63, 3.8) is 0 Å². The monoisotopic (exact) mass is 444 g/mol. The fourth-order valence-electron chi connectivity index (χ4n) is 2.65. The molecule has 0 unspecified atom stereocenters. The van der Waals surface area contributed by atoms with Gasteiger partial charge in [0.1, 0.15) is 23.1 Å². The normalized spacial score (nSPS) is 11.6. The molecule has 4 aromatic rings. The standard InChI is InChI=1S/C18H13IN4O2/c1-25-13-5-6-15-14(8-13)16-17(22-15)18(24)23(10-20-16)21-9-11-3-2-4-12(19)7-11/h2-10,22H,1H3. The lowest BCUT2D eigenvalue weighted by Gasteiger charge is -1.99. The lowest BCUT2D eigenvalue weighted by Crippen LogP contribution is -2.17. The highest BCUT2D eigenvalue weighted by molar-refractivity contribution is 14.1. The summed E-state index contributed by atoms with van der Waals surface area (Å²) in [4.78, 5) is 20.2. The average molecular weight is 444 g/mol. The first kappa shape index (κ1) is 15.8. The number of nitrogens with one attached hydrogen (secondary N) is 1. The predicted octanol–water partition coefficient (Wildman–Crippen LogP) is 3.37. The van der Waals surface area contributed by atoms with Gasteiger partial charge in [-0.15, -0.1) is 0 Å². The summed E-state index contributed by atoms with van der Waals surface area (Å²) in [5, 5.41) is 5.09. The molecule has 4 rings (SSSR count). The first-order chi connectivity index (χ1) is 12.2. The molecule has 0 amide bonds. The Morgan fingerprint density at radius 2 is 2.16 bits per heavy atom. The van der Waals surface area contributed by atoms with E-state index in [1.54, 1.807) is 13.3 Å². The van der Waals surface area contributed by atoms with Gasteiger partial charge < -0.3 is 9.72 Å². The molecule has 0 saturated heterocycles. The first-order valence-electron chi connectivity index (χ1n) is 7.53. The van der Waals surface area contributed by atoms with Crippen LogP contribution in [0, 0.1) is 3.57 Å². The third kappa shape index (κ3) is 2.91. The van der Waals surface area contributed by atoms with Crippen LogP contribution in [0.25, 0.3) is 21.9 Å². The Morgan fingerprint density at radius 1 is 1.28 bits per heavy atom. The van der Waals surface area contributed by atoms with Gasteiger partial charge in [0.25, 0.3) is 5.56 Å². The number of H-pyrrole nitrogens is 1. The van der Waals surface area contributed by atoms with E-state index < -0.39 is 0 Å². The second-order valence-electron chi connectivity index (χ2n) is 5.45. The molecule has 0 spiro atoms. The molecule has 0 radical (unpaired) electrons. The van der Waals surface area contributed by atoms with E-state index in [0.717, 1.165) is 25.8 Å². The van der Waals surface area contributed by atoms with Crippen LogP contribution in [0.2, 0.25) is 0 Å². The Kier molecular flexibility index (Phi) is 4.00. The number of aromatic amines is 1. The zero-order valence-corrected chi connectivity index (χ0v) is 15.4. The van der Waals surface area contributed by atoms with Crippen molar-refractivity contribution in [2.75, 3.05) is 7.11 Å². The molecular weight excluding hydrogens is 431 g/mol. The third-order valence-corrected chi connectivity index (χ3v) is 4.55. The Hall–Kier alpha value is -2.68. The molecule has 25 heavy (non-hydrogen) atoms. The van der Waals surface area contributed by atoms with Gasteiger partial charge in [-0.25, -0.2) is 4.98 Å². The summed E-state index contributed by atoms with van der Waals surface area (Å²) < 4.78 is 7.58. The quantitative estimate of drug-likeness (QED) is 0.389. The van der Waals surface area contributed by atoms with E-state index in [1.807, 2.05) is 42.5 Å². The van der Waals surface area contributed by atoms with Crippen molar-refractivity contribution in [3.05, 3.63) is 68.3 Å². The average Bonchev–Trinajstić information content (AvgIpc) is 3.00. The number of methoxy groups -OCH3 is 1. The SMILES string of the molecule is COc1ccc2[nH]c3c(=O)n(N=Cc4cccc(I)c4)cnc3c2c1. The zero-order valence-electron chi connectivity index (χ0n) is 13.2. The Bertz CT molecular complexity index is 1180. The summed E-state index contributed by atoms with van der Waals surface area (Å²) in [6.45, 7) is 0. The summed E-state index contributed by atoms with van der Waals surface area (Å²) in [6, 6.07) is 13.4. The molecule has 0 aliphatic rings. The van der Waals surface area contributed by atoms with E-state index in [9.17, 15) is 4.79 Å². The van der Waals surface area contributed by atoms with Crippen LogP contribution >= 0.6 is 22.6 Å². The van der Waals surface area contributed by atoms with Crippen molar-refractivity contribution in [2.45, 2.75) is 0 Å². The summed E-state index contributed by atoms with van der Waals surface area (Å²) in [5.41, 5.74) is 2.53. The third-order valence-electron chi connectivity index (χ3n) is 3.88. The number of benzene rings is 2. The van der Waals surface area contributed by atoms with Crippen molar-refractivity contribution in [3.8, 4) is 5.75 Å². The highest BCUT2D eigenvalue weighted by Gasteiger charge is 2.11. The van der Waals surface area contributed by atoms with Crippen molar-refractivity contribution in [1.29, 1.82) is 0 Å². The summed E-state index contributed by atoms with van der Waals surface area (Å²) in [7, 11) is 1.61. The molecule has 2 heterocycles. The molecule has 0 saturated carbocycles. The largest absolute Gasteiger partial charge is 0.497 e. The molecule has 124 valence electrons. The molecule has 2 aromatic heterocycles. The Balaban J connectivity index is 1.82. The topological polar surface area (TPSA) is 72.3 Å². The summed E-state index contributed by atoms with van der Waals surface area (Å²) in [6.07, 6.45) is 3.07. The molecule has 6 nitrogen and oxygen atoms in total. The number of halogens is 1. The maximum atomic E-state index is 12.7. The number of hydrogen-bond acceptors (Lipinski definition) is 4. The number of ether oxygens (including phenoxy) is 1. The number of rotatable bonds is 3. The smallest absolute Gasteiger partial charge is 0.298 e. The van der Waals surface area contributed by atoms with Crippen molar-refractivity contribution < 1.29 is 4.74 Å². The predicted molar refractivity (Wildman–Crippen MR) is 107 cm³/mol. The lowest BCUT2D eigenvalue weighted by atomic mass is 10.2. The van der Waals surface area contributed by atoms with Crippen molar-refractivity contribution in [2.24, 2.45) is 5.10 Å². The van der Waals surface area contributed by atoms with Crippen LogP contribution in [-0.4, -0.2) is 28.0 Å². The molecule has 1 N–H and O–H groups in total. The van der Waals surface area contributed by atoms with E-state index in [1.165, 1.54) is 11.0 Å². The minimum absolute atomic E-state index is 0.248. The molecule has 0 bridgehead atoms. The Morgan fingerprint density at radius 3 is 2.96 bits per heavy atom. The first-order valence-corrected chi connectivity index (χ1v) is 8.60. The van der Waals surface area contributed by atoms with E-state index in [2.05, 4.69) is 37.7 Å². The number of hydrogen-bond donors (Lipinski definition) is 1. The molecule has 0 fully saturated rings. The van der Waals surface area contributed by atoms with Crippen LogP contribution in [0.1, 0.15) is 5.56 Å². The van der Waals surface area contributed by atoms with Crippen LogP contribution in [0.4, 0.5) is 0 Å². The summed E-state index contributed by atoms with van der Waals surface area (Å²) >= 11 is 2.23. The van der Waals surface area contributed by atoms with Gasteiger partial charge in [0.15, 0.2) is 0 Å². The fraction of sp³-hybridized carbons (Fsp3) is 0.0556. The van der Waals surface area contributed by atoms with Gasteiger partial charge in [-0.05, 0) is 58.5 Å². The maximum absolute atomic E-state index is 12.7. The number of nitrogens with zero attached hydrogens (tertiary/aromatic N) is 3. The highest BCUT2D eigenvalue weighted by Crippen LogP contribution is 2.25. The van der Waals surface area contributed by atoms with Crippen molar-refractivity contribution >= 4 is 50.7 Å². The van der Waals surface area contributed by atoms with E-state index in [4.69, 9.17) is 4.74 Å². The van der Waals surface area contributed by atoms with Gasteiger partial charge in [0.2, 0.25) is 0 Å². The molecular formula is C18H13IN4O2. The molecule has 2 aromatic carbocycles. The van der Waals surface area contributed by atoms with Gasteiger partial charge in [-0.1, -0.05) is 12.1 Å². The Labute approximate surface area is 156 Å². The van der Waals surface area contributed by atoms with Crippen LogP contribution in [0.3, 0.4) is 0 Å². The minimum atomic E-state index is -0.248. The number of aromatic nitrogens is 3. The lowest BCUT2D eigenvalue weighted by molar-refractivity contribution is 0.415. The van der Waals surface area contributed by atoms with E-state index in [-0.39, 0.29) is 5.56 Å². The molecule has 7 heteroatoms. The van der Waals surface area contributed by atoms with Gasteiger partial charge in [-0.3, -0.25) is 4.79 Å². The van der Waals surface area contributed by atoms with Crippen LogP contribution in [0.15, 0.2) is 58.7 Å². The van der Waals surface area contributed by atoms with E-state index in [0.29, 0.717) is 11.0 Å². The van der Waals surface area contributed by atoms with Gasteiger partial charge in [-0.2, -0.15) is 9.78 Å². The minimum Gasteiger partial charge on any atom is -0.497 e. The maximum Gasteiger partial charge on any atom is 0.298 e. The second-order valence-corrected chi connectivity index (χ2v) is 6.70. The van der Waals surface area contributed by atoms with Crippen LogP contribution in [-0.2, 0) is 0 Å². The van der Waals surface area contributed by atoms with Gasteiger partial charge in [0.05, 0.1) is 13.3 Å². The van der Waals surface area contributed by atoms with Crippen LogP contribution in [0.5, 0.6) is 5.75 Å². The molecule has 0 aliphatic carbocycles. The van der Waals surface area contributed by atoms with Crippen molar-refractivity contribution in [1.82, 2.24) is 14.6 Å². The highest BCUT2D eigenvalue weighted by atomic mass is 127. The van der Waals surface area contributed by atoms with Gasteiger partial charge in [0, 0.05) is 14.5 Å². The molecule has 0 aliphatic heterocycles. The van der Waals surface area contributed by atoms with E-state index >= 15 is 0 Å². The summed E-state index contributed by atoms with van der Waals surface area (Å²) in [5.74, 6) is 0.719. The molecule has 0 atom stereocenters. The fourth-order valence-corrected chi connectivity index (χ4v) is 3.22.